The van der Waals surface area contributed by atoms with E-state index in [1.807, 2.05) is 27.7 Å². The lowest BCUT2D eigenvalue weighted by atomic mass is 9.94. The number of aromatic amines is 1. The lowest BCUT2D eigenvalue weighted by Crippen LogP contribution is -2.46. The molecule has 0 saturated carbocycles. The number of carbonyl (C=O) groups is 1. The van der Waals surface area contributed by atoms with E-state index in [0.29, 0.717) is 6.61 Å². The summed E-state index contributed by atoms with van der Waals surface area (Å²) in [5, 5.41) is 9.73. The summed E-state index contributed by atoms with van der Waals surface area (Å²) >= 11 is 0. The number of hydrogen-bond acceptors (Lipinski definition) is 4. The molecule has 19 heavy (non-hydrogen) atoms. The van der Waals surface area contributed by atoms with E-state index in [9.17, 15) is 4.79 Å². The van der Waals surface area contributed by atoms with Gasteiger partial charge in [-0.25, -0.2) is 4.98 Å². The van der Waals surface area contributed by atoms with E-state index in [2.05, 4.69) is 20.5 Å². The Hall–Kier alpha value is -1.43. The third-order valence-electron chi connectivity index (χ3n) is 3.28. The fourth-order valence-corrected chi connectivity index (χ4v) is 2.24. The maximum atomic E-state index is 12.1. The first-order chi connectivity index (χ1) is 8.87. The van der Waals surface area contributed by atoms with Crippen molar-refractivity contribution in [2.75, 3.05) is 6.61 Å². The summed E-state index contributed by atoms with van der Waals surface area (Å²) in [5.74, 6) is 0.965. The van der Waals surface area contributed by atoms with Crippen LogP contribution in [0.25, 0.3) is 0 Å². The van der Waals surface area contributed by atoms with Crippen LogP contribution in [0.1, 0.15) is 62.9 Å². The number of H-pyrrole nitrogens is 1. The maximum Gasteiger partial charge on any atom is 0.291 e. The van der Waals surface area contributed by atoms with Gasteiger partial charge in [-0.1, -0.05) is 13.8 Å². The second-order valence-electron chi connectivity index (χ2n) is 5.97. The minimum atomic E-state index is -0.217. The van der Waals surface area contributed by atoms with Gasteiger partial charge in [0, 0.05) is 18.6 Å². The van der Waals surface area contributed by atoms with E-state index < -0.39 is 0 Å². The van der Waals surface area contributed by atoms with E-state index in [-0.39, 0.29) is 29.3 Å². The quantitative estimate of drug-likeness (QED) is 0.871. The largest absolute Gasteiger partial charge is 0.375 e. The molecule has 0 radical (unpaired) electrons. The minimum Gasteiger partial charge on any atom is -0.375 e. The van der Waals surface area contributed by atoms with Crippen LogP contribution in [0.3, 0.4) is 0 Å². The van der Waals surface area contributed by atoms with E-state index in [4.69, 9.17) is 4.74 Å². The summed E-state index contributed by atoms with van der Waals surface area (Å²) in [6.45, 7) is 8.75. The van der Waals surface area contributed by atoms with Gasteiger partial charge in [-0.05, 0) is 26.7 Å². The molecule has 0 aromatic carbocycles. The molecule has 1 amide bonds. The van der Waals surface area contributed by atoms with E-state index in [0.717, 1.165) is 18.7 Å². The van der Waals surface area contributed by atoms with Crippen molar-refractivity contribution < 1.29 is 9.53 Å². The van der Waals surface area contributed by atoms with Gasteiger partial charge >= 0.3 is 0 Å². The van der Waals surface area contributed by atoms with Gasteiger partial charge in [0.05, 0.1) is 5.60 Å². The highest BCUT2D eigenvalue weighted by molar-refractivity contribution is 5.90. The van der Waals surface area contributed by atoms with Gasteiger partial charge in [-0.15, -0.1) is 5.10 Å². The minimum absolute atomic E-state index is 0.122. The summed E-state index contributed by atoms with van der Waals surface area (Å²) in [4.78, 5) is 16.3. The molecule has 2 rings (SSSR count). The third kappa shape index (κ3) is 3.53. The molecule has 1 unspecified atom stereocenters. The Morgan fingerprint density at radius 2 is 2.26 bits per heavy atom. The topological polar surface area (TPSA) is 79.9 Å². The zero-order chi connectivity index (χ0) is 14.0. The Morgan fingerprint density at radius 1 is 1.53 bits per heavy atom. The molecular formula is C13H22N4O2. The van der Waals surface area contributed by atoms with Gasteiger partial charge in [0.25, 0.3) is 5.91 Å². The van der Waals surface area contributed by atoms with Crippen molar-refractivity contribution in [2.24, 2.45) is 0 Å². The molecule has 1 aliphatic rings. The van der Waals surface area contributed by atoms with Crippen LogP contribution in [-0.4, -0.2) is 39.3 Å². The predicted octanol–water partition coefficient (Wildman–Crippen LogP) is 1.62. The van der Waals surface area contributed by atoms with Crippen molar-refractivity contribution in [3.05, 3.63) is 11.6 Å². The third-order valence-corrected chi connectivity index (χ3v) is 3.28. The van der Waals surface area contributed by atoms with Gasteiger partial charge < -0.3 is 10.1 Å². The number of aromatic nitrogens is 3. The number of amides is 1. The van der Waals surface area contributed by atoms with Crippen molar-refractivity contribution in [1.82, 2.24) is 20.5 Å². The van der Waals surface area contributed by atoms with Crippen LogP contribution in [0.15, 0.2) is 0 Å². The molecule has 1 aromatic heterocycles. The van der Waals surface area contributed by atoms with Crippen LogP contribution < -0.4 is 5.32 Å². The highest BCUT2D eigenvalue weighted by Crippen LogP contribution is 2.24. The van der Waals surface area contributed by atoms with Crippen molar-refractivity contribution >= 4 is 5.91 Å². The number of hydrogen-bond donors (Lipinski definition) is 2. The van der Waals surface area contributed by atoms with Crippen molar-refractivity contribution in [3.63, 3.8) is 0 Å². The van der Waals surface area contributed by atoms with Crippen molar-refractivity contribution in [1.29, 1.82) is 0 Å². The molecule has 6 nitrogen and oxygen atoms in total. The second kappa shape index (κ2) is 5.28. The van der Waals surface area contributed by atoms with Gasteiger partial charge in [0.15, 0.2) is 0 Å². The first-order valence-corrected chi connectivity index (χ1v) is 6.74. The Kier molecular flexibility index (Phi) is 3.89. The molecule has 0 bridgehead atoms. The number of carbonyl (C=O) groups excluding carboxylic acids is 1. The Balaban J connectivity index is 1.96. The van der Waals surface area contributed by atoms with Crippen LogP contribution in [0.2, 0.25) is 0 Å². The number of ether oxygens (including phenoxy) is 1. The van der Waals surface area contributed by atoms with Gasteiger partial charge in [-0.2, -0.15) is 0 Å². The van der Waals surface area contributed by atoms with Gasteiger partial charge in [-0.3, -0.25) is 9.89 Å². The van der Waals surface area contributed by atoms with Crippen molar-refractivity contribution in [2.45, 2.75) is 58.1 Å². The molecule has 1 fully saturated rings. The van der Waals surface area contributed by atoms with Crippen LogP contribution >= 0.6 is 0 Å². The Morgan fingerprint density at radius 3 is 2.84 bits per heavy atom. The Labute approximate surface area is 113 Å². The normalized spacial score (nSPS) is 22.5. The SMILES string of the molecule is CC(C)c1nc(C(=O)NC2CCOC(C)(C)C2)n[nH]1. The Bertz CT molecular complexity index is 453. The highest BCUT2D eigenvalue weighted by Gasteiger charge is 2.30. The molecule has 1 atom stereocenters. The van der Waals surface area contributed by atoms with Crippen LogP contribution in [0.4, 0.5) is 0 Å². The summed E-state index contributed by atoms with van der Waals surface area (Å²) in [7, 11) is 0. The van der Waals surface area contributed by atoms with Crippen LogP contribution in [-0.2, 0) is 4.74 Å². The average Bonchev–Trinajstić information content (AvgIpc) is 2.76. The zero-order valence-corrected chi connectivity index (χ0v) is 12.0. The second-order valence-corrected chi connectivity index (χ2v) is 5.97. The lowest BCUT2D eigenvalue weighted by Gasteiger charge is -2.35. The number of nitrogens with one attached hydrogen (secondary N) is 2. The van der Waals surface area contributed by atoms with E-state index >= 15 is 0 Å². The van der Waals surface area contributed by atoms with E-state index in [1.54, 1.807) is 0 Å². The molecule has 1 saturated heterocycles. The molecule has 106 valence electrons. The predicted molar refractivity (Wildman–Crippen MR) is 71.0 cm³/mol. The lowest BCUT2D eigenvalue weighted by molar-refractivity contribution is -0.0615. The smallest absolute Gasteiger partial charge is 0.291 e. The first-order valence-electron chi connectivity index (χ1n) is 6.74. The number of nitrogens with zero attached hydrogens (tertiary/aromatic N) is 2. The summed E-state index contributed by atoms with van der Waals surface area (Å²) in [6.07, 6.45) is 1.64. The molecule has 0 spiro atoms. The van der Waals surface area contributed by atoms with E-state index in [1.165, 1.54) is 0 Å². The average molecular weight is 266 g/mol. The maximum absolute atomic E-state index is 12.1. The molecule has 2 N–H and O–H groups in total. The van der Waals surface area contributed by atoms with Crippen LogP contribution in [0.5, 0.6) is 0 Å². The first kappa shape index (κ1) is 14.0. The molecule has 2 heterocycles. The number of rotatable bonds is 3. The summed E-state index contributed by atoms with van der Waals surface area (Å²) < 4.78 is 5.63. The fourth-order valence-electron chi connectivity index (χ4n) is 2.24. The molecule has 1 aliphatic heterocycles. The molecular weight excluding hydrogens is 244 g/mol. The standard InChI is InChI=1S/C13H22N4O2/c1-8(2)10-15-11(17-16-10)12(18)14-9-5-6-19-13(3,4)7-9/h8-9H,5-7H2,1-4H3,(H,14,18)(H,15,16,17). The van der Waals surface area contributed by atoms with Crippen LogP contribution in [0, 0.1) is 0 Å². The zero-order valence-electron chi connectivity index (χ0n) is 12.0. The monoisotopic (exact) mass is 266 g/mol. The fraction of sp³-hybridized carbons (Fsp3) is 0.769. The summed E-state index contributed by atoms with van der Waals surface area (Å²) in [5.41, 5.74) is -0.182. The van der Waals surface area contributed by atoms with Crippen molar-refractivity contribution in [3.8, 4) is 0 Å². The van der Waals surface area contributed by atoms with Gasteiger partial charge in [0.1, 0.15) is 5.82 Å². The molecule has 1 aromatic rings. The highest BCUT2D eigenvalue weighted by atomic mass is 16.5. The summed E-state index contributed by atoms with van der Waals surface area (Å²) in [6, 6.07) is 0.122. The molecule has 6 heteroatoms. The van der Waals surface area contributed by atoms with Gasteiger partial charge in [0.2, 0.25) is 5.82 Å². The molecule has 0 aliphatic carbocycles.